The summed E-state index contributed by atoms with van der Waals surface area (Å²) in [4.78, 5) is 10.5. The molecule has 19 heavy (non-hydrogen) atoms. The van der Waals surface area contributed by atoms with Gasteiger partial charge in [-0.1, -0.05) is 18.2 Å². The van der Waals surface area contributed by atoms with Crippen LogP contribution >= 0.6 is 0 Å². The third-order valence-corrected chi connectivity index (χ3v) is 4.91. The molecule has 0 bridgehead atoms. The third kappa shape index (κ3) is 3.21. The van der Waals surface area contributed by atoms with Gasteiger partial charge in [0.25, 0.3) is 0 Å². The molecule has 0 aliphatic carbocycles. The van der Waals surface area contributed by atoms with Crippen LogP contribution in [0.2, 0.25) is 0 Å². The van der Waals surface area contributed by atoms with Gasteiger partial charge in [0.05, 0.1) is 10.9 Å². The molecule has 0 unspecified atom stereocenters. The second-order valence-electron chi connectivity index (χ2n) is 4.33. The van der Waals surface area contributed by atoms with E-state index in [4.69, 9.17) is 0 Å². The van der Waals surface area contributed by atoms with Crippen molar-refractivity contribution in [2.45, 2.75) is 17.7 Å². The van der Waals surface area contributed by atoms with Crippen molar-refractivity contribution in [2.75, 3.05) is 13.1 Å². The number of hydrogen-bond acceptors (Lipinski definition) is 4. The first-order valence-corrected chi connectivity index (χ1v) is 7.43. The van der Waals surface area contributed by atoms with Crippen LogP contribution in [0.4, 0.5) is 0 Å². The van der Waals surface area contributed by atoms with Crippen LogP contribution in [0.25, 0.3) is 6.08 Å². The van der Waals surface area contributed by atoms with Crippen LogP contribution in [-0.4, -0.2) is 31.8 Å². The summed E-state index contributed by atoms with van der Waals surface area (Å²) in [6.07, 6.45) is 4.06. The molecule has 0 aromatic heterocycles. The number of hydrogen-bond donors (Lipinski definition) is 0. The quantitative estimate of drug-likeness (QED) is 0.740. The molecule has 0 radical (unpaired) electrons. The van der Waals surface area contributed by atoms with Crippen LogP contribution in [0.3, 0.4) is 0 Å². The fourth-order valence-corrected chi connectivity index (χ4v) is 3.51. The highest BCUT2D eigenvalue weighted by Gasteiger charge is 2.26. The van der Waals surface area contributed by atoms with Crippen LogP contribution in [0.15, 0.2) is 35.2 Å². The fourth-order valence-electron chi connectivity index (χ4n) is 1.99. The minimum atomic E-state index is -3.41. The molecule has 0 saturated carbocycles. The summed E-state index contributed by atoms with van der Waals surface area (Å²) in [6, 6.07) is 6.12. The van der Waals surface area contributed by atoms with Gasteiger partial charge in [-0.3, -0.25) is 0 Å². The molecule has 6 heteroatoms. The average molecular weight is 280 g/mol. The molecule has 102 valence electrons. The summed E-state index contributed by atoms with van der Waals surface area (Å²) in [6.45, 7) is 1.13. The Bertz CT molecular complexity index is 584. The van der Waals surface area contributed by atoms with Crippen molar-refractivity contribution >= 4 is 22.1 Å². The molecule has 1 aromatic rings. The van der Waals surface area contributed by atoms with E-state index >= 15 is 0 Å². The lowest BCUT2D eigenvalue weighted by Gasteiger charge is -2.15. The molecule has 0 atom stereocenters. The molecule has 1 aliphatic rings. The zero-order valence-corrected chi connectivity index (χ0v) is 11.1. The number of carbonyl (C=O) groups excluding carboxylic acids is 1. The third-order valence-electron chi connectivity index (χ3n) is 2.99. The molecular formula is C13H14NO4S-. The molecule has 2 rings (SSSR count). The molecule has 1 aliphatic heterocycles. The zero-order valence-electron chi connectivity index (χ0n) is 10.3. The Morgan fingerprint density at radius 2 is 1.74 bits per heavy atom. The van der Waals surface area contributed by atoms with Gasteiger partial charge in [0.1, 0.15) is 0 Å². The lowest BCUT2D eigenvalue weighted by atomic mass is 10.2. The second-order valence-corrected chi connectivity index (χ2v) is 6.27. The average Bonchev–Trinajstić information content (AvgIpc) is 2.91. The summed E-state index contributed by atoms with van der Waals surface area (Å²) in [7, 11) is -3.41. The summed E-state index contributed by atoms with van der Waals surface area (Å²) in [5, 5.41) is 10.3. The molecule has 0 amide bonds. The number of benzene rings is 1. The number of carbonyl (C=O) groups is 1. The number of rotatable bonds is 4. The first kappa shape index (κ1) is 13.8. The van der Waals surface area contributed by atoms with E-state index in [9.17, 15) is 18.3 Å². The fraction of sp³-hybridized carbons (Fsp3) is 0.308. The minimum Gasteiger partial charge on any atom is -0.545 e. The lowest BCUT2D eigenvalue weighted by Crippen LogP contribution is -2.27. The largest absolute Gasteiger partial charge is 0.545 e. The zero-order chi connectivity index (χ0) is 13.9. The lowest BCUT2D eigenvalue weighted by molar-refractivity contribution is -0.297. The van der Waals surface area contributed by atoms with Crippen molar-refractivity contribution in [1.29, 1.82) is 0 Å². The molecule has 1 heterocycles. The summed E-state index contributed by atoms with van der Waals surface area (Å²) >= 11 is 0. The van der Waals surface area contributed by atoms with Gasteiger partial charge in [-0.15, -0.1) is 0 Å². The van der Waals surface area contributed by atoms with Crippen LogP contribution < -0.4 is 5.11 Å². The van der Waals surface area contributed by atoms with E-state index in [-0.39, 0.29) is 4.90 Å². The van der Waals surface area contributed by atoms with Crippen molar-refractivity contribution in [3.63, 3.8) is 0 Å². The minimum absolute atomic E-state index is 0.236. The van der Waals surface area contributed by atoms with Gasteiger partial charge >= 0.3 is 0 Å². The Morgan fingerprint density at radius 3 is 2.26 bits per heavy atom. The molecule has 1 aromatic carbocycles. The Labute approximate surface area is 112 Å². The highest BCUT2D eigenvalue weighted by Crippen LogP contribution is 2.21. The van der Waals surface area contributed by atoms with Gasteiger partial charge in [0.2, 0.25) is 10.0 Å². The molecule has 1 saturated heterocycles. The molecule has 0 N–H and O–H groups in total. The Hall–Kier alpha value is -1.66. The van der Waals surface area contributed by atoms with Crippen LogP contribution in [-0.2, 0) is 14.8 Å². The maximum atomic E-state index is 12.2. The van der Waals surface area contributed by atoms with Crippen molar-refractivity contribution in [1.82, 2.24) is 4.31 Å². The van der Waals surface area contributed by atoms with E-state index in [0.29, 0.717) is 18.7 Å². The van der Waals surface area contributed by atoms with Gasteiger partial charge in [0, 0.05) is 13.1 Å². The maximum Gasteiger partial charge on any atom is 0.243 e. The van der Waals surface area contributed by atoms with E-state index in [1.54, 1.807) is 12.1 Å². The Balaban J connectivity index is 2.20. The SMILES string of the molecule is O=C([O-])/C=C/c1ccc(S(=O)(=O)N2CCCC2)cc1. The van der Waals surface area contributed by atoms with Crippen molar-refractivity contribution in [2.24, 2.45) is 0 Å². The topological polar surface area (TPSA) is 77.5 Å². The molecule has 0 spiro atoms. The Kier molecular flexibility index (Phi) is 4.01. The highest BCUT2D eigenvalue weighted by molar-refractivity contribution is 7.89. The van der Waals surface area contributed by atoms with Gasteiger partial charge in [-0.2, -0.15) is 4.31 Å². The monoisotopic (exact) mass is 280 g/mol. The summed E-state index contributed by atoms with van der Waals surface area (Å²) < 4.78 is 25.9. The second kappa shape index (κ2) is 5.54. The first-order chi connectivity index (χ1) is 9.00. The van der Waals surface area contributed by atoms with E-state index in [2.05, 4.69) is 0 Å². The van der Waals surface area contributed by atoms with Gasteiger partial charge in [0.15, 0.2) is 0 Å². The Morgan fingerprint density at radius 1 is 1.16 bits per heavy atom. The molecular weight excluding hydrogens is 266 g/mol. The predicted molar refractivity (Wildman–Crippen MR) is 68.5 cm³/mol. The van der Waals surface area contributed by atoms with E-state index in [1.165, 1.54) is 22.5 Å². The standard InChI is InChI=1S/C13H15NO4S/c15-13(16)8-5-11-3-6-12(7-4-11)19(17,18)14-9-1-2-10-14/h3-8H,1-2,9-10H2,(H,15,16)/p-1/b8-5+. The van der Waals surface area contributed by atoms with Crippen molar-refractivity contribution in [3.05, 3.63) is 35.9 Å². The number of nitrogens with zero attached hydrogens (tertiary/aromatic N) is 1. The summed E-state index contributed by atoms with van der Waals surface area (Å²) in [5.74, 6) is -1.28. The van der Waals surface area contributed by atoms with E-state index < -0.39 is 16.0 Å². The van der Waals surface area contributed by atoms with Gasteiger partial charge < -0.3 is 9.90 Å². The number of carboxylic acid groups (broad SMARTS) is 1. The number of aliphatic carboxylic acids is 1. The smallest absolute Gasteiger partial charge is 0.243 e. The predicted octanol–water partition coefficient (Wildman–Crippen LogP) is 0.234. The molecule has 5 nitrogen and oxygen atoms in total. The normalized spacial score (nSPS) is 17.1. The summed E-state index contributed by atoms with van der Waals surface area (Å²) in [5.41, 5.74) is 0.615. The highest BCUT2D eigenvalue weighted by atomic mass is 32.2. The number of sulfonamides is 1. The number of carboxylic acids is 1. The van der Waals surface area contributed by atoms with Crippen molar-refractivity contribution < 1.29 is 18.3 Å². The van der Waals surface area contributed by atoms with Crippen LogP contribution in [0, 0.1) is 0 Å². The molecule has 1 fully saturated rings. The van der Waals surface area contributed by atoms with E-state index in [1.807, 2.05) is 0 Å². The van der Waals surface area contributed by atoms with Gasteiger partial charge in [-0.25, -0.2) is 8.42 Å². The van der Waals surface area contributed by atoms with Crippen LogP contribution in [0.5, 0.6) is 0 Å². The van der Waals surface area contributed by atoms with Crippen molar-refractivity contribution in [3.8, 4) is 0 Å². The van der Waals surface area contributed by atoms with Crippen LogP contribution in [0.1, 0.15) is 18.4 Å². The maximum absolute atomic E-state index is 12.2. The van der Waals surface area contributed by atoms with E-state index in [0.717, 1.165) is 18.9 Å². The van der Waals surface area contributed by atoms with Gasteiger partial charge in [-0.05, 0) is 36.6 Å². The first-order valence-electron chi connectivity index (χ1n) is 5.99.